The molecule has 0 aliphatic heterocycles. The molecule has 28 heavy (non-hydrogen) atoms. The van der Waals surface area contributed by atoms with E-state index < -0.39 is 23.8 Å². The van der Waals surface area contributed by atoms with Crippen molar-refractivity contribution in [1.82, 2.24) is 4.90 Å². The van der Waals surface area contributed by atoms with Crippen molar-refractivity contribution in [3.05, 3.63) is 29.3 Å². The van der Waals surface area contributed by atoms with Crippen LogP contribution >= 0.6 is 0 Å². The molecular weight excluding hydrogens is 364 g/mol. The van der Waals surface area contributed by atoms with Crippen LogP contribution in [-0.4, -0.2) is 56.0 Å². The Bertz CT molecular complexity index is 732. The van der Waals surface area contributed by atoms with E-state index in [-0.39, 0.29) is 28.7 Å². The minimum Gasteiger partial charge on any atom is -0.465 e. The first-order valence-corrected chi connectivity index (χ1v) is 9.01. The van der Waals surface area contributed by atoms with Crippen molar-refractivity contribution >= 4 is 29.4 Å². The highest BCUT2D eigenvalue weighted by Crippen LogP contribution is 2.20. The van der Waals surface area contributed by atoms with Gasteiger partial charge in [-0.2, -0.15) is 0 Å². The number of carbonyl (C=O) groups excluding carboxylic acids is 4. The molecule has 0 aliphatic rings. The summed E-state index contributed by atoms with van der Waals surface area (Å²) >= 11 is 0. The summed E-state index contributed by atoms with van der Waals surface area (Å²) < 4.78 is 9.35. The monoisotopic (exact) mass is 392 g/mol. The number of anilines is 1. The molecule has 0 fully saturated rings. The fraction of sp³-hybridized carbons (Fsp3) is 0.500. The SMILES string of the molecule is COC(=O)c1ccc(C(=O)OC)c(NC(=O)C(=O)N(CC(C)C)CC(C)C)c1. The van der Waals surface area contributed by atoms with E-state index in [1.54, 1.807) is 0 Å². The number of esters is 2. The first-order chi connectivity index (χ1) is 13.1. The Hall–Kier alpha value is -2.90. The number of nitrogens with one attached hydrogen (secondary N) is 1. The highest BCUT2D eigenvalue weighted by atomic mass is 16.5. The van der Waals surface area contributed by atoms with Crippen LogP contribution in [0.3, 0.4) is 0 Å². The molecule has 0 saturated carbocycles. The molecule has 0 spiro atoms. The minimum absolute atomic E-state index is 0.00199. The van der Waals surface area contributed by atoms with Crippen molar-refractivity contribution < 1.29 is 28.7 Å². The third kappa shape index (κ3) is 6.37. The van der Waals surface area contributed by atoms with E-state index in [9.17, 15) is 19.2 Å². The molecular formula is C20H28N2O6. The maximum atomic E-state index is 12.7. The molecule has 1 aromatic carbocycles. The summed E-state index contributed by atoms with van der Waals surface area (Å²) in [5.41, 5.74) is 0.150. The van der Waals surface area contributed by atoms with E-state index in [0.29, 0.717) is 13.1 Å². The zero-order valence-electron chi connectivity index (χ0n) is 17.2. The van der Waals surface area contributed by atoms with E-state index in [0.717, 1.165) is 0 Å². The van der Waals surface area contributed by atoms with Gasteiger partial charge in [0.15, 0.2) is 0 Å². The molecule has 0 saturated heterocycles. The van der Waals surface area contributed by atoms with E-state index in [1.807, 2.05) is 27.7 Å². The Morgan fingerprint density at radius 1 is 0.929 bits per heavy atom. The Labute approximate surface area is 165 Å². The number of carbonyl (C=O) groups is 4. The van der Waals surface area contributed by atoms with Crippen molar-refractivity contribution in [2.24, 2.45) is 11.8 Å². The van der Waals surface area contributed by atoms with Gasteiger partial charge in [-0.1, -0.05) is 27.7 Å². The average molecular weight is 392 g/mol. The molecule has 0 heterocycles. The van der Waals surface area contributed by atoms with E-state index in [1.165, 1.54) is 37.3 Å². The molecule has 2 amide bonds. The molecule has 0 radical (unpaired) electrons. The fourth-order valence-corrected chi connectivity index (χ4v) is 2.62. The van der Waals surface area contributed by atoms with Crippen LogP contribution in [0.15, 0.2) is 18.2 Å². The second-order valence-corrected chi connectivity index (χ2v) is 7.20. The van der Waals surface area contributed by atoms with Gasteiger partial charge in [0, 0.05) is 13.1 Å². The summed E-state index contributed by atoms with van der Waals surface area (Å²) in [7, 11) is 2.41. The quantitative estimate of drug-likeness (QED) is 0.564. The number of amides is 2. The van der Waals surface area contributed by atoms with Gasteiger partial charge in [0.1, 0.15) is 0 Å². The molecule has 1 N–H and O–H groups in total. The summed E-state index contributed by atoms with van der Waals surface area (Å²) in [5, 5.41) is 2.43. The summed E-state index contributed by atoms with van der Waals surface area (Å²) in [5.74, 6) is -2.58. The molecule has 1 aromatic rings. The largest absolute Gasteiger partial charge is 0.465 e. The topological polar surface area (TPSA) is 102 Å². The van der Waals surface area contributed by atoms with Crippen molar-refractivity contribution in [3.8, 4) is 0 Å². The van der Waals surface area contributed by atoms with Crippen molar-refractivity contribution in [1.29, 1.82) is 0 Å². The van der Waals surface area contributed by atoms with Gasteiger partial charge in [0.05, 0.1) is 31.0 Å². The van der Waals surface area contributed by atoms with Gasteiger partial charge >= 0.3 is 23.8 Å². The maximum absolute atomic E-state index is 12.7. The van der Waals surface area contributed by atoms with E-state index >= 15 is 0 Å². The van der Waals surface area contributed by atoms with E-state index in [2.05, 4.69) is 10.1 Å². The van der Waals surface area contributed by atoms with Crippen LogP contribution in [0.2, 0.25) is 0 Å². The Kier molecular flexibility index (Phi) is 8.63. The standard InChI is InChI=1S/C20H28N2O6/c1-12(2)10-22(11-13(3)4)18(24)17(23)21-16-9-14(19(25)27-5)7-8-15(16)20(26)28-6/h7-9,12-13H,10-11H2,1-6H3,(H,21,23). The van der Waals surface area contributed by atoms with Gasteiger partial charge in [-0.05, 0) is 30.0 Å². The first-order valence-electron chi connectivity index (χ1n) is 9.01. The molecule has 0 aliphatic carbocycles. The molecule has 154 valence electrons. The maximum Gasteiger partial charge on any atom is 0.339 e. The lowest BCUT2D eigenvalue weighted by Gasteiger charge is -2.25. The summed E-state index contributed by atoms with van der Waals surface area (Å²) in [6.45, 7) is 8.66. The summed E-state index contributed by atoms with van der Waals surface area (Å²) in [6.07, 6.45) is 0. The van der Waals surface area contributed by atoms with Crippen LogP contribution in [-0.2, 0) is 19.1 Å². The Morgan fingerprint density at radius 2 is 1.46 bits per heavy atom. The van der Waals surface area contributed by atoms with Crippen molar-refractivity contribution in [2.75, 3.05) is 32.6 Å². The van der Waals surface area contributed by atoms with Crippen LogP contribution < -0.4 is 5.32 Å². The van der Waals surface area contributed by atoms with E-state index in [4.69, 9.17) is 4.74 Å². The molecule has 0 atom stereocenters. The number of nitrogens with zero attached hydrogens (tertiary/aromatic N) is 1. The van der Waals surface area contributed by atoms with Crippen LogP contribution in [0, 0.1) is 11.8 Å². The summed E-state index contributed by atoms with van der Waals surface area (Å²) in [4.78, 5) is 50.4. The lowest BCUT2D eigenvalue weighted by molar-refractivity contribution is -0.143. The Balaban J connectivity index is 3.17. The second-order valence-electron chi connectivity index (χ2n) is 7.20. The summed E-state index contributed by atoms with van der Waals surface area (Å²) in [6, 6.07) is 3.98. The first kappa shape index (κ1) is 23.1. The Morgan fingerprint density at radius 3 is 1.93 bits per heavy atom. The smallest absolute Gasteiger partial charge is 0.339 e. The van der Waals surface area contributed by atoms with Gasteiger partial charge in [-0.15, -0.1) is 0 Å². The fourth-order valence-electron chi connectivity index (χ4n) is 2.62. The molecule has 8 heteroatoms. The van der Waals surface area contributed by atoms with Crippen molar-refractivity contribution in [3.63, 3.8) is 0 Å². The van der Waals surface area contributed by atoms with Gasteiger partial charge in [0.25, 0.3) is 0 Å². The highest BCUT2D eigenvalue weighted by Gasteiger charge is 2.25. The third-order valence-corrected chi connectivity index (χ3v) is 3.75. The number of ether oxygens (including phenoxy) is 2. The zero-order chi connectivity index (χ0) is 21.4. The molecule has 8 nitrogen and oxygen atoms in total. The van der Waals surface area contributed by atoms with Gasteiger partial charge < -0.3 is 19.7 Å². The van der Waals surface area contributed by atoms with Crippen LogP contribution in [0.4, 0.5) is 5.69 Å². The van der Waals surface area contributed by atoms with Gasteiger partial charge in [-0.25, -0.2) is 9.59 Å². The number of methoxy groups -OCH3 is 2. The number of hydrogen-bond acceptors (Lipinski definition) is 6. The lowest BCUT2D eigenvalue weighted by Crippen LogP contribution is -2.43. The average Bonchev–Trinajstić information content (AvgIpc) is 2.64. The predicted molar refractivity (Wildman–Crippen MR) is 104 cm³/mol. The lowest BCUT2D eigenvalue weighted by atomic mass is 10.1. The third-order valence-electron chi connectivity index (χ3n) is 3.75. The second kappa shape index (κ2) is 10.4. The number of benzene rings is 1. The molecule has 1 rings (SSSR count). The molecule has 0 aromatic heterocycles. The van der Waals surface area contributed by atoms with Gasteiger partial charge in [-0.3, -0.25) is 9.59 Å². The normalized spacial score (nSPS) is 10.6. The molecule has 0 unspecified atom stereocenters. The molecule has 0 bridgehead atoms. The zero-order valence-corrected chi connectivity index (χ0v) is 17.2. The minimum atomic E-state index is -0.895. The van der Waals surface area contributed by atoms with Gasteiger partial charge in [0.2, 0.25) is 0 Å². The van der Waals surface area contributed by atoms with Crippen molar-refractivity contribution in [2.45, 2.75) is 27.7 Å². The number of rotatable bonds is 7. The van der Waals surface area contributed by atoms with Crippen LogP contribution in [0.1, 0.15) is 48.4 Å². The van der Waals surface area contributed by atoms with Crippen LogP contribution in [0.5, 0.6) is 0 Å². The predicted octanol–water partition coefficient (Wildman–Crippen LogP) is 2.34. The number of hydrogen-bond donors (Lipinski definition) is 1. The highest BCUT2D eigenvalue weighted by molar-refractivity contribution is 6.40. The van der Waals surface area contributed by atoms with Crippen LogP contribution in [0.25, 0.3) is 0 Å².